The molecule has 0 aromatic heterocycles. The van der Waals surface area contributed by atoms with Crippen LogP contribution >= 0.6 is 11.6 Å². The molecule has 1 atom stereocenters. The average molecular weight is 310 g/mol. The summed E-state index contributed by atoms with van der Waals surface area (Å²) in [5, 5.41) is 5.92. The fourth-order valence-corrected chi connectivity index (χ4v) is 2.47. The number of hydrogen-bond acceptors (Lipinski definition) is 3. The van der Waals surface area contributed by atoms with E-state index in [2.05, 4.69) is 10.6 Å². The van der Waals surface area contributed by atoms with Crippen LogP contribution in [0.25, 0.3) is 0 Å². The van der Waals surface area contributed by atoms with Crippen molar-refractivity contribution in [2.75, 3.05) is 18.4 Å². The van der Waals surface area contributed by atoms with Crippen LogP contribution in [0.5, 0.6) is 0 Å². The summed E-state index contributed by atoms with van der Waals surface area (Å²) in [6.45, 7) is 0.836. The van der Waals surface area contributed by atoms with Gasteiger partial charge in [0.25, 0.3) is 0 Å². The van der Waals surface area contributed by atoms with Crippen molar-refractivity contribution in [2.45, 2.75) is 25.0 Å². The van der Waals surface area contributed by atoms with Gasteiger partial charge in [-0.1, -0.05) is 17.7 Å². The van der Waals surface area contributed by atoms with Gasteiger partial charge < -0.3 is 20.3 Å². The van der Waals surface area contributed by atoms with Crippen LogP contribution in [0.15, 0.2) is 24.3 Å². The normalized spacial score (nSPS) is 21.1. The molecule has 2 fully saturated rings. The van der Waals surface area contributed by atoms with Gasteiger partial charge in [0.15, 0.2) is 0 Å². The molecule has 2 aliphatic rings. The van der Waals surface area contributed by atoms with Crippen molar-refractivity contribution in [3.05, 3.63) is 29.3 Å². The molecule has 6 nitrogen and oxygen atoms in total. The lowest BCUT2D eigenvalue weighted by Gasteiger charge is -2.12. The SMILES string of the molecule is O=C(NCC1CN(C2CC2)C(=O)O1)Nc1cccc(Cl)c1. The Balaban J connectivity index is 1.45. The molecule has 21 heavy (non-hydrogen) atoms. The number of urea groups is 1. The molecule has 0 radical (unpaired) electrons. The number of carbonyl (C=O) groups excluding carboxylic acids is 2. The van der Waals surface area contributed by atoms with Crippen molar-refractivity contribution in [1.29, 1.82) is 0 Å². The molecule has 3 amide bonds. The molecule has 3 rings (SSSR count). The minimum absolute atomic E-state index is 0.278. The van der Waals surface area contributed by atoms with Crippen molar-refractivity contribution in [2.24, 2.45) is 0 Å². The number of cyclic esters (lactones) is 1. The minimum Gasteiger partial charge on any atom is -0.442 e. The summed E-state index contributed by atoms with van der Waals surface area (Å²) in [5.41, 5.74) is 0.614. The molecule has 7 heteroatoms. The number of carbonyl (C=O) groups is 2. The quantitative estimate of drug-likeness (QED) is 0.897. The van der Waals surface area contributed by atoms with Crippen LogP contribution in [-0.2, 0) is 4.74 Å². The van der Waals surface area contributed by atoms with Gasteiger partial charge >= 0.3 is 12.1 Å². The van der Waals surface area contributed by atoms with E-state index in [9.17, 15) is 9.59 Å². The van der Waals surface area contributed by atoms with Crippen molar-refractivity contribution in [3.63, 3.8) is 0 Å². The summed E-state index contributed by atoms with van der Waals surface area (Å²) >= 11 is 5.84. The predicted octanol–water partition coefficient (Wildman–Crippen LogP) is 2.44. The van der Waals surface area contributed by atoms with E-state index >= 15 is 0 Å². The molecule has 1 aromatic rings. The maximum Gasteiger partial charge on any atom is 0.410 e. The monoisotopic (exact) mass is 309 g/mol. The Morgan fingerprint density at radius 3 is 2.95 bits per heavy atom. The first-order valence-corrected chi connectivity index (χ1v) is 7.27. The fourth-order valence-electron chi connectivity index (χ4n) is 2.28. The number of anilines is 1. The molecule has 1 heterocycles. The van der Waals surface area contributed by atoms with Gasteiger partial charge in [-0.2, -0.15) is 0 Å². The zero-order chi connectivity index (χ0) is 14.8. The van der Waals surface area contributed by atoms with Crippen LogP contribution in [-0.4, -0.2) is 42.3 Å². The highest BCUT2D eigenvalue weighted by molar-refractivity contribution is 6.30. The van der Waals surface area contributed by atoms with E-state index in [1.807, 2.05) is 0 Å². The number of ether oxygens (including phenoxy) is 1. The van der Waals surface area contributed by atoms with Crippen LogP contribution in [0.1, 0.15) is 12.8 Å². The van der Waals surface area contributed by atoms with Gasteiger partial charge in [-0.05, 0) is 31.0 Å². The molecule has 0 spiro atoms. The first-order valence-electron chi connectivity index (χ1n) is 6.89. The van der Waals surface area contributed by atoms with Gasteiger partial charge in [0.2, 0.25) is 0 Å². The van der Waals surface area contributed by atoms with Gasteiger partial charge in [0, 0.05) is 16.8 Å². The van der Waals surface area contributed by atoms with Crippen molar-refractivity contribution in [1.82, 2.24) is 10.2 Å². The summed E-state index contributed by atoms with van der Waals surface area (Å²) in [6, 6.07) is 6.88. The van der Waals surface area contributed by atoms with E-state index in [1.165, 1.54) is 0 Å². The molecular weight excluding hydrogens is 294 g/mol. The fraction of sp³-hybridized carbons (Fsp3) is 0.429. The van der Waals surface area contributed by atoms with E-state index in [0.717, 1.165) is 12.8 Å². The lowest BCUT2D eigenvalue weighted by molar-refractivity contribution is 0.131. The minimum atomic E-state index is -0.349. The zero-order valence-corrected chi connectivity index (χ0v) is 12.1. The van der Waals surface area contributed by atoms with Crippen molar-refractivity contribution < 1.29 is 14.3 Å². The summed E-state index contributed by atoms with van der Waals surface area (Å²) in [7, 11) is 0. The standard InChI is InChI=1S/C14H16ClN3O3/c15-9-2-1-3-10(6-9)17-13(19)16-7-12-8-18(11-4-5-11)14(20)21-12/h1-3,6,11-12H,4-5,7-8H2,(H2,16,17,19). The Bertz CT molecular complexity index is 562. The molecular formula is C14H16ClN3O3. The number of nitrogens with one attached hydrogen (secondary N) is 2. The maximum atomic E-state index is 11.8. The van der Waals surface area contributed by atoms with Gasteiger partial charge in [0.1, 0.15) is 6.10 Å². The van der Waals surface area contributed by atoms with Crippen LogP contribution < -0.4 is 10.6 Å². The third kappa shape index (κ3) is 3.58. The third-order valence-electron chi connectivity index (χ3n) is 3.46. The Kier molecular flexibility index (Phi) is 3.88. The maximum absolute atomic E-state index is 11.8. The van der Waals surface area contributed by atoms with Gasteiger partial charge in [-0.3, -0.25) is 0 Å². The Morgan fingerprint density at radius 2 is 2.24 bits per heavy atom. The second-order valence-electron chi connectivity index (χ2n) is 5.23. The zero-order valence-electron chi connectivity index (χ0n) is 11.3. The third-order valence-corrected chi connectivity index (χ3v) is 3.70. The molecule has 0 bridgehead atoms. The Morgan fingerprint density at radius 1 is 1.43 bits per heavy atom. The number of amides is 3. The number of nitrogens with zero attached hydrogens (tertiary/aromatic N) is 1. The van der Waals surface area contributed by atoms with E-state index in [4.69, 9.17) is 16.3 Å². The van der Waals surface area contributed by atoms with Crippen molar-refractivity contribution in [3.8, 4) is 0 Å². The van der Waals surface area contributed by atoms with Crippen LogP contribution in [0.2, 0.25) is 5.02 Å². The average Bonchev–Trinajstić information content (AvgIpc) is 3.20. The first-order chi connectivity index (χ1) is 10.1. The lowest BCUT2D eigenvalue weighted by atomic mass is 10.3. The molecule has 1 aliphatic carbocycles. The number of rotatable bonds is 4. The second kappa shape index (κ2) is 5.81. The Labute approximate surface area is 127 Å². The highest BCUT2D eigenvalue weighted by atomic mass is 35.5. The van der Waals surface area contributed by atoms with E-state index in [0.29, 0.717) is 29.8 Å². The van der Waals surface area contributed by atoms with Crippen LogP contribution in [0.4, 0.5) is 15.3 Å². The molecule has 1 saturated heterocycles. The van der Waals surface area contributed by atoms with Crippen LogP contribution in [0, 0.1) is 0 Å². The predicted molar refractivity (Wildman–Crippen MR) is 78.5 cm³/mol. The molecule has 1 unspecified atom stereocenters. The Hall–Kier alpha value is -1.95. The molecule has 2 N–H and O–H groups in total. The van der Waals surface area contributed by atoms with Gasteiger partial charge in [-0.25, -0.2) is 9.59 Å². The lowest BCUT2D eigenvalue weighted by Crippen LogP contribution is -2.37. The number of hydrogen-bond donors (Lipinski definition) is 2. The van der Waals surface area contributed by atoms with Gasteiger partial charge in [0.05, 0.1) is 13.1 Å². The second-order valence-corrected chi connectivity index (χ2v) is 5.67. The highest BCUT2D eigenvalue weighted by Gasteiger charge is 2.40. The molecule has 1 saturated carbocycles. The summed E-state index contributed by atoms with van der Waals surface area (Å²) in [4.78, 5) is 25.1. The van der Waals surface area contributed by atoms with Crippen molar-refractivity contribution >= 4 is 29.4 Å². The molecule has 112 valence electrons. The number of benzene rings is 1. The summed E-state index contributed by atoms with van der Waals surface area (Å²) in [6.07, 6.45) is 1.53. The number of halogens is 1. The summed E-state index contributed by atoms with van der Waals surface area (Å²) in [5.74, 6) is 0. The van der Waals surface area contributed by atoms with Crippen LogP contribution in [0.3, 0.4) is 0 Å². The molecule has 1 aromatic carbocycles. The highest BCUT2D eigenvalue weighted by Crippen LogP contribution is 2.30. The largest absolute Gasteiger partial charge is 0.442 e. The van der Waals surface area contributed by atoms with E-state index in [-0.39, 0.29) is 18.2 Å². The van der Waals surface area contributed by atoms with Gasteiger partial charge in [-0.15, -0.1) is 0 Å². The smallest absolute Gasteiger partial charge is 0.410 e. The molecule has 1 aliphatic heterocycles. The van der Waals surface area contributed by atoms with E-state index in [1.54, 1.807) is 29.2 Å². The first kappa shape index (κ1) is 14.0. The summed E-state index contributed by atoms with van der Waals surface area (Å²) < 4.78 is 5.22. The topological polar surface area (TPSA) is 70.7 Å². The van der Waals surface area contributed by atoms with E-state index < -0.39 is 0 Å².